The topological polar surface area (TPSA) is 27.6 Å². The Morgan fingerprint density at radius 3 is 2.62 bits per heavy atom. The SMILES string of the molecule is Cc1ccc(C[NH3+])s1. The van der Waals surface area contributed by atoms with Crippen molar-refractivity contribution in [3.05, 3.63) is 21.9 Å². The second-order valence-corrected chi connectivity index (χ2v) is 3.13. The van der Waals surface area contributed by atoms with Crippen LogP contribution < -0.4 is 5.73 Å². The van der Waals surface area contributed by atoms with Gasteiger partial charge in [0, 0.05) is 4.88 Å². The van der Waals surface area contributed by atoms with E-state index in [1.54, 1.807) is 0 Å². The number of aryl methyl sites for hydroxylation is 1. The molecule has 0 aliphatic carbocycles. The molecule has 0 unspecified atom stereocenters. The molecular weight excluding hydrogens is 118 g/mol. The number of rotatable bonds is 1. The molecule has 1 heterocycles. The molecular formula is C6H10NS+. The predicted molar refractivity (Wildman–Crippen MR) is 35.6 cm³/mol. The molecule has 1 nitrogen and oxygen atoms in total. The van der Waals surface area contributed by atoms with Crippen LogP contribution >= 0.6 is 11.3 Å². The summed E-state index contributed by atoms with van der Waals surface area (Å²) in [4.78, 5) is 2.76. The summed E-state index contributed by atoms with van der Waals surface area (Å²) in [6.45, 7) is 3.04. The van der Waals surface area contributed by atoms with Crippen molar-refractivity contribution in [1.29, 1.82) is 0 Å². The number of hydrogen-bond acceptors (Lipinski definition) is 1. The van der Waals surface area contributed by atoms with Gasteiger partial charge in [-0.05, 0) is 19.1 Å². The lowest BCUT2D eigenvalue weighted by atomic mass is 10.4. The van der Waals surface area contributed by atoms with Gasteiger partial charge >= 0.3 is 0 Å². The molecule has 3 N–H and O–H groups in total. The third kappa shape index (κ3) is 1.08. The molecule has 0 aliphatic rings. The maximum atomic E-state index is 3.78. The van der Waals surface area contributed by atoms with E-state index in [2.05, 4.69) is 24.8 Å². The zero-order valence-corrected chi connectivity index (χ0v) is 5.79. The van der Waals surface area contributed by atoms with E-state index in [0.717, 1.165) is 6.54 Å². The molecule has 0 spiro atoms. The fourth-order valence-corrected chi connectivity index (χ4v) is 1.41. The first kappa shape index (κ1) is 5.79. The van der Waals surface area contributed by atoms with Crippen molar-refractivity contribution >= 4 is 11.3 Å². The Balaban J connectivity index is 2.84. The van der Waals surface area contributed by atoms with E-state index in [0.29, 0.717) is 0 Å². The second-order valence-electron chi connectivity index (χ2n) is 1.76. The van der Waals surface area contributed by atoms with Gasteiger partial charge in [0.2, 0.25) is 0 Å². The van der Waals surface area contributed by atoms with Crippen molar-refractivity contribution in [2.75, 3.05) is 0 Å². The number of quaternary nitrogens is 1. The third-order valence-electron chi connectivity index (χ3n) is 1.04. The molecule has 0 amide bonds. The lowest BCUT2D eigenvalue weighted by Crippen LogP contribution is -2.47. The van der Waals surface area contributed by atoms with E-state index < -0.39 is 0 Å². The molecule has 1 aromatic rings. The summed E-state index contributed by atoms with van der Waals surface area (Å²) >= 11 is 1.83. The molecule has 1 aromatic heterocycles. The molecule has 44 valence electrons. The standard InChI is InChI=1S/C6H9NS/c1-5-2-3-6(4-7)8-5/h2-3H,4,7H2,1H3/p+1. The van der Waals surface area contributed by atoms with Gasteiger partial charge in [0.15, 0.2) is 0 Å². The van der Waals surface area contributed by atoms with Crippen LogP contribution in [0.1, 0.15) is 9.75 Å². The fourth-order valence-electron chi connectivity index (χ4n) is 0.619. The number of thiophene rings is 1. The Hall–Kier alpha value is -0.340. The van der Waals surface area contributed by atoms with Crippen molar-refractivity contribution in [3.63, 3.8) is 0 Å². The molecule has 8 heavy (non-hydrogen) atoms. The van der Waals surface area contributed by atoms with Crippen molar-refractivity contribution < 1.29 is 5.73 Å². The minimum absolute atomic E-state index is 0.929. The minimum atomic E-state index is 0.929. The van der Waals surface area contributed by atoms with Crippen LogP contribution in [-0.2, 0) is 6.54 Å². The second kappa shape index (κ2) is 2.29. The molecule has 0 fully saturated rings. The molecule has 1 rings (SSSR count). The van der Waals surface area contributed by atoms with E-state index >= 15 is 0 Å². The first-order valence-electron chi connectivity index (χ1n) is 2.67. The Labute approximate surface area is 53.1 Å². The molecule has 2 heteroatoms. The molecule has 0 saturated heterocycles. The summed E-state index contributed by atoms with van der Waals surface area (Å²) in [6.07, 6.45) is 0. The van der Waals surface area contributed by atoms with Crippen LogP contribution in [0.15, 0.2) is 12.1 Å². The van der Waals surface area contributed by atoms with Crippen LogP contribution in [0.3, 0.4) is 0 Å². The van der Waals surface area contributed by atoms with E-state index in [1.165, 1.54) is 9.75 Å². The van der Waals surface area contributed by atoms with Crippen LogP contribution in [0.25, 0.3) is 0 Å². The molecule has 0 saturated carbocycles. The van der Waals surface area contributed by atoms with Gasteiger partial charge in [0.1, 0.15) is 6.54 Å². The lowest BCUT2D eigenvalue weighted by molar-refractivity contribution is -0.385. The first-order chi connectivity index (χ1) is 3.83. The molecule has 0 atom stereocenters. The number of hydrogen-bond donors (Lipinski definition) is 1. The van der Waals surface area contributed by atoms with Crippen LogP contribution in [0.2, 0.25) is 0 Å². The molecule has 0 aromatic carbocycles. The molecule has 0 radical (unpaired) electrons. The normalized spacial score (nSPS) is 9.75. The van der Waals surface area contributed by atoms with Crippen molar-refractivity contribution in [1.82, 2.24) is 0 Å². The van der Waals surface area contributed by atoms with Gasteiger partial charge in [-0.15, -0.1) is 11.3 Å². The van der Waals surface area contributed by atoms with E-state index in [1.807, 2.05) is 11.3 Å². The smallest absolute Gasteiger partial charge is 0.109 e. The first-order valence-corrected chi connectivity index (χ1v) is 3.49. The van der Waals surface area contributed by atoms with Crippen molar-refractivity contribution in [3.8, 4) is 0 Å². The average Bonchev–Trinajstić information content (AvgIpc) is 2.14. The van der Waals surface area contributed by atoms with Gasteiger partial charge in [0.25, 0.3) is 0 Å². The lowest BCUT2D eigenvalue weighted by Gasteiger charge is -1.78. The van der Waals surface area contributed by atoms with Gasteiger partial charge in [-0.2, -0.15) is 0 Å². The van der Waals surface area contributed by atoms with E-state index in [-0.39, 0.29) is 0 Å². The molecule has 0 bridgehead atoms. The monoisotopic (exact) mass is 128 g/mol. The zero-order valence-electron chi connectivity index (χ0n) is 4.98. The predicted octanol–water partition coefficient (Wildman–Crippen LogP) is 0.798. The highest BCUT2D eigenvalue weighted by atomic mass is 32.1. The van der Waals surface area contributed by atoms with E-state index in [9.17, 15) is 0 Å². The maximum absolute atomic E-state index is 3.78. The highest BCUT2D eigenvalue weighted by Crippen LogP contribution is 2.12. The van der Waals surface area contributed by atoms with Crippen molar-refractivity contribution in [2.45, 2.75) is 13.5 Å². The minimum Gasteiger partial charge on any atom is -0.353 e. The Morgan fingerprint density at radius 1 is 1.62 bits per heavy atom. The van der Waals surface area contributed by atoms with Crippen LogP contribution in [0.5, 0.6) is 0 Å². The van der Waals surface area contributed by atoms with Crippen LogP contribution in [0, 0.1) is 6.92 Å². The molecule has 0 aliphatic heterocycles. The van der Waals surface area contributed by atoms with Gasteiger partial charge in [-0.3, -0.25) is 0 Å². The summed E-state index contributed by atoms with van der Waals surface area (Å²) in [6, 6.07) is 4.26. The van der Waals surface area contributed by atoms with Gasteiger partial charge in [-0.1, -0.05) is 0 Å². The van der Waals surface area contributed by atoms with Gasteiger partial charge in [-0.25, -0.2) is 0 Å². The third-order valence-corrected chi connectivity index (χ3v) is 2.10. The summed E-state index contributed by atoms with van der Waals surface area (Å²) in [7, 11) is 0. The van der Waals surface area contributed by atoms with Gasteiger partial charge < -0.3 is 5.73 Å². The summed E-state index contributed by atoms with van der Waals surface area (Å²) in [5.41, 5.74) is 3.78. The average molecular weight is 128 g/mol. The summed E-state index contributed by atoms with van der Waals surface area (Å²) in [5.74, 6) is 0. The Morgan fingerprint density at radius 2 is 2.38 bits per heavy atom. The van der Waals surface area contributed by atoms with Crippen LogP contribution in [-0.4, -0.2) is 0 Å². The van der Waals surface area contributed by atoms with Crippen LogP contribution in [0.4, 0.5) is 0 Å². The summed E-state index contributed by atoms with van der Waals surface area (Å²) in [5, 5.41) is 0. The Kier molecular flexibility index (Phi) is 1.65. The highest BCUT2D eigenvalue weighted by molar-refractivity contribution is 7.11. The zero-order chi connectivity index (χ0) is 5.98. The van der Waals surface area contributed by atoms with E-state index in [4.69, 9.17) is 0 Å². The fraction of sp³-hybridized carbons (Fsp3) is 0.333. The maximum Gasteiger partial charge on any atom is 0.109 e. The summed E-state index contributed by atoms with van der Waals surface area (Å²) < 4.78 is 0. The van der Waals surface area contributed by atoms with Gasteiger partial charge in [0.05, 0.1) is 4.88 Å². The Bertz CT molecular complexity index is 169. The largest absolute Gasteiger partial charge is 0.353 e. The quantitative estimate of drug-likeness (QED) is 0.579. The van der Waals surface area contributed by atoms with Crippen molar-refractivity contribution in [2.24, 2.45) is 0 Å². The highest BCUT2D eigenvalue weighted by Gasteiger charge is 1.91.